The van der Waals surface area contributed by atoms with E-state index in [0.717, 1.165) is 25.2 Å². The van der Waals surface area contributed by atoms with E-state index < -0.39 is 12.1 Å². The van der Waals surface area contributed by atoms with Crippen LogP contribution in [0.4, 0.5) is 0 Å². The first-order chi connectivity index (χ1) is 16.6. The lowest BCUT2D eigenvalue weighted by molar-refractivity contribution is -0.873. The smallest absolute Gasteiger partial charge is 0.306 e. The predicted octanol–water partition coefficient (Wildman–Crippen LogP) is 6.81. The van der Waals surface area contributed by atoms with Crippen LogP contribution in [0, 0.1) is 5.92 Å². The zero-order valence-corrected chi connectivity index (χ0v) is 24.1. The molecule has 0 saturated carbocycles. The van der Waals surface area contributed by atoms with Crippen LogP contribution in [0.25, 0.3) is 0 Å². The molecule has 0 amide bonds. The van der Waals surface area contributed by atoms with Gasteiger partial charge < -0.3 is 19.1 Å². The third-order valence-electron chi connectivity index (χ3n) is 6.82. The number of nitrogens with zero attached hydrogens (tertiary/aromatic N) is 1. The average Bonchev–Trinajstić information content (AvgIpc) is 2.75. The zero-order valence-electron chi connectivity index (χ0n) is 24.1. The second-order valence-electron chi connectivity index (χ2n) is 11.9. The van der Waals surface area contributed by atoms with Gasteiger partial charge in [0.15, 0.2) is 6.10 Å². The van der Waals surface area contributed by atoms with Gasteiger partial charge in [-0.05, 0) is 12.3 Å². The van der Waals surface area contributed by atoms with Crippen molar-refractivity contribution in [3.8, 4) is 0 Å². The van der Waals surface area contributed by atoms with Crippen LogP contribution in [0.3, 0.4) is 0 Å². The Morgan fingerprint density at radius 3 is 1.57 bits per heavy atom. The quantitative estimate of drug-likeness (QED) is 0.0789. The van der Waals surface area contributed by atoms with Gasteiger partial charge >= 0.3 is 5.97 Å². The summed E-state index contributed by atoms with van der Waals surface area (Å²) in [6.45, 7) is 5.18. The van der Waals surface area contributed by atoms with Crippen molar-refractivity contribution in [3.05, 3.63) is 0 Å². The Labute approximate surface area is 218 Å². The van der Waals surface area contributed by atoms with Gasteiger partial charge in [-0.3, -0.25) is 4.79 Å². The molecule has 0 heterocycles. The summed E-state index contributed by atoms with van der Waals surface area (Å²) in [6, 6.07) is 0. The lowest BCUT2D eigenvalue weighted by Gasteiger charge is -2.29. The number of carbonyl (C=O) groups excluding carboxylic acids is 2. The third kappa shape index (κ3) is 25.8. The van der Waals surface area contributed by atoms with Crippen LogP contribution in [0.15, 0.2) is 0 Å². The Morgan fingerprint density at radius 2 is 1.14 bits per heavy atom. The van der Waals surface area contributed by atoms with E-state index in [2.05, 4.69) is 13.8 Å². The van der Waals surface area contributed by atoms with Crippen LogP contribution in [-0.2, 0) is 14.3 Å². The summed E-state index contributed by atoms with van der Waals surface area (Å²) in [4.78, 5) is 23.0. The Balaban J connectivity index is 3.55. The molecule has 5 nitrogen and oxygen atoms in total. The number of likely N-dealkylation sites (N-methyl/N-ethyl adjacent to an activating group) is 1. The SMILES string of the molecule is CCCCCCCCCC(C)CCCCCCCCCCCC(=O)OC(CC(=O)[O-])C[N+](C)(C)C. The first-order valence-corrected chi connectivity index (χ1v) is 14.8. The average molecular weight is 498 g/mol. The fraction of sp³-hybridized carbons (Fsp3) is 0.933. The highest BCUT2D eigenvalue weighted by atomic mass is 16.5. The molecule has 0 aromatic rings. The van der Waals surface area contributed by atoms with Crippen LogP contribution < -0.4 is 5.11 Å². The van der Waals surface area contributed by atoms with Gasteiger partial charge in [-0.25, -0.2) is 0 Å². The maximum Gasteiger partial charge on any atom is 0.306 e. The van der Waals surface area contributed by atoms with Crippen molar-refractivity contribution in [1.29, 1.82) is 0 Å². The molecular weight excluding hydrogens is 438 g/mol. The number of unbranched alkanes of at least 4 members (excludes halogenated alkanes) is 14. The highest BCUT2D eigenvalue weighted by Gasteiger charge is 2.22. The maximum atomic E-state index is 12.1. The summed E-state index contributed by atoms with van der Waals surface area (Å²) < 4.78 is 5.95. The molecule has 35 heavy (non-hydrogen) atoms. The zero-order chi connectivity index (χ0) is 26.4. The highest BCUT2D eigenvalue weighted by molar-refractivity contribution is 5.70. The van der Waals surface area contributed by atoms with Crippen molar-refractivity contribution in [2.24, 2.45) is 5.92 Å². The molecule has 0 saturated heterocycles. The molecule has 5 heteroatoms. The number of carboxylic acids is 1. The van der Waals surface area contributed by atoms with Crippen molar-refractivity contribution in [2.45, 2.75) is 148 Å². The van der Waals surface area contributed by atoms with Crippen molar-refractivity contribution in [3.63, 3.8) is 0 Å². The summed E-state index contributed by atoms with van der Waals surface area (Å²) in [5, 5.41) is 10.9. The molecule has 0 spiro atoms. The Bertz CT molecular complexity index is 515. The second-order valence-corrected chi connectivity index (χ2v) is 11.9. The molecular formula is C30H59NO4. The van der Waals surface area contributed by atoms with Crippen LogP contribution in [0.1, 0.15) is 142 Å². The van der Waals surface area contributed by atoms with Gasteiger partial charge in [-0.1, -0.05) is 123 Å². The number of quaternary nitrogens is 1. The first kappa shape index (κ1) is 33.9. The van der Waals surface area contributed by atoms with Gasteiger partial charge in [0.25, 0.3) is 0 Å². The van der Waals surface area contributed by atoms with Gasteiger partial charge in [0.05, 0.1) is 21.1 Å². The van der Waals surface area contributed by atoms with Crippen molar-refractivity contribution in [1.82, 2.24) is 0 Å². The van der Waals surface area contributed by atoms with Crippen LogP contribution in [0.2, 0.25) is 0 Å². The largest absolute Gasteiger partial charge is 0.550 e. The van der Waals surface area contributed by atoms with Crippen LogP contribution in [-0.4, -0.2) is 50.2 Å². The number of ether oxygens (including phenoxy) is 1. The van der Waals surface area contributed by atoms with Gasteiger partial charge in [0.1, 0.15) is 6.54 Å². The number of hydrogen-bond acceptors (Lipinski definition) is 4. The molecule has 0 aromatic heterocycles. The summed E-state index contributed by atoms with van der Waals surface area (Å²) in [5.41, 5.74) is 0. The fourth-order valence-electron chi connectivity index (χ4n) is 4.78. The number of rotatable bonds is 25. The Kier molecular flexibility index (Phi) is 21.4. The van der Waals surface area contributed by atoms with Gasteiger partial charge in [-0.15, -0.1) is 0 Å². The Morgan fingerprint density at radius 1 is 0.714 bits per heavy atom. The molecule has 0 bridgehead atoms. The van der Waals surface area contributed by atoms with E-state index in [1.54, 1.807) is 0 Å². The third-order valence-corrected chi connectivity index (χ3v) is 6.82. The minimum absolute atomic E-state index is 0.237. The van der Waals surface area contributed by atoms with E-state index in [1.807, 2.05) is 21.1 Å². The van der Waals surface area contributed by atoms with E-state index in [1.165, 1.54) is 96.3 Å². The Hall–Kier alpha value is -1.10. The molecule has 0 aliphatic heterocycles. The summed E-state index contributed by atoms with van der Waals surface area (Å²) >= 11 is 0. The number of carbonyl (C=O) groups is 2. The summed E-state index contributed by atoms with van der Waals surface area (Å²) in [5.74, 6) is -0.568. The van der Waals surface area contributed by atoms with Crippen LogP contribution >= 0.6 is 0 Å². The van der Waals surface area contributed by atoms with Crippen molar-refractivity contribution >= 4 is 11.9 Å². The van der Waals surface area contributed by atoms with E-state index in [-0.39, 0.29) is 12.4 Å². The summed E-state index contributed by atoms with van der Waals surface area (Å²) in [6.07, 6.45) is 23.1. The van der Waals surface area contributed by atoms with Gasteiger partial charge in [0, 0.05) is 18.8 Å². The van der Waals surface area contributed by atoms with Crippen molar-refractivity contribution in [2.75, 3.05) is 27.7 Å². The molecule has 0 rings (SSSR count). The molecule has 0 aromatic carbocycles. The lowest BCUT2D eigenvalue weighted by atomic mass is 9.96. The number of esters is 1. The van der Waals surface area contributed by atoms with E-state index >= 15 is 0 Å². The molecule has 0 aliphatic rings. The van der Waals surface area contributed by atoms with E-state index in [0.29, 0.717) is 17.4 Å². The molecule has 0 aliphatic carbocycles. The van der Waals surface area contributed by atoms with E-state index in [4.69, 9.17) is 4.74 Å². The van der Waals surface area contributed by atoms with Gasteiger partial charge in [-0.2, -0.15) is 0 Å². The molecule has 208 valence electrons. The highest BCUT2D eigenvalue weighted by Crippen LogP contribution is 2.19. The first-order valence-electron chi connectivity index (χ1n) is 14.8. The lowest BCUT2D eigenvalue weighted by Crippen LogP contribution is -2.45. The monoisotopic (exact) mass is 497 g/mol. The molecule has 0 N–H and O–H groups in total. The predicted molar refractivity (Wildman–Crippen MR) is 145 cm³/mol. The molecule has 0 fully saturated rings. The van der Waals surface area contributed by atoms with Crippen molar-refractivity contribution < 1.29 is 23.9 Å². The molecule has 0 radical (unpaired) electrons. The maximum absolute atomic E-state index is 12.1. The number of carboxylic acid groups (broad SMARTS) is 1. The minimum atomic E-state index is -1.17. The van der Waals surface area contributed by atoms with Gasteiger partial charge in [0.2, 0.25) is 0 Å². The fourth-order valence-corrected chi connectivity index (χ4v) is 4.78. The normalized spacial score (nSPS) is 13.5. The second kappa shape index (κ2) is 22.1. The molecule has 2 atom stereocenters. The molecule has 2 unspecified atom stereocenters. The standard InChI is InChI=1S/C30H59NO4/c1-6-7-8-9-13-16-19-22-27(2)23-20-17-14-11-10-12-15-18-21-24-30(34)35-28(25-29(32)33)26-31(3,4)5/h27-28H,6-26H2,1-5H3. The number of hydrogen-bond donors (Lipinski definition) is 0. The minimum Gasteiger partial charge on any atom is -0.550 e. The van der Waals surface area contributed by atoms with E-state index in [9.17, 15) is 14.7 Å². The topological polar surface area (TPSA) is 66.4 Å². The summed E-state index contributed by atoms with van der Waals surface area (Å²) in [7, 11) is 5.86. The van der Waals surface area contributed by atoms with Crippen LogP contribution in [0.5, 0.6) is 0 Å². The number of aliphatic carboxylic acids is 1.